The Labute approximate surface area is 114 Å². The summed E-state index contributed by atoms with van der Waals surface area (Å²) in [5.41, 5.74) is 1.88. The molecule has 1 N–H and O–H groups in total. The largest absolute Gasteiger partial charge is 0.493 e. The number of carbonyl (C=O) groups excluding carboxylic acids is 1. The summed E-state index contributed by atoms with van der Waals surface area (Å²) in [5.74, 6) is -0.0284. The lowest BCUT2D eigenvalue weighted by Gasteiger charge is -2.11. The minimum absolute atomic E-state index is 0.178. The van der Waals surface area contributed by atoms with Crippen LogP contribution in [0.1, 0.15) is 22.2 Å². The van der Waals surface area contributed by atoms with Crippen LogP contribution in [0.2, 0.25) is 0 Å². The highest BCUT2D eigenvalue weighted by atomic mass is 32.1. The lowest BCUT2D eigenvalue weighted by Crippen LogP contribution is -1.97. The molecule has 0 saturated carbocycles. The molecule has 0 saturated heterocycles. The topological polar surface area (TPSA) is 46.5 Å². The van der Waals surface area contributed by atoms with Gasteiger partial charge < -0.3 is 9.84 Å². The number of halogens is 1. The highest BCUT2D eigenvalue weighted by Gasteiger charge is 2.17. The Morgan fingerprint density at radius 2 is 2.26 bits per heavy atom. The Balaban J connectivity index is 2.63. The average Bonchev–Trinajstić information content (AvgIpc) is 2.82. The number of hydrogen-bond acceptors (Lipinski definition) is 4. The van der Waals surface area contributed by atoms with Crippen LogP contribution in [0.15, 0.2) is 23.6 Å². The summed E-state index contributed by atoms with van der Waals surface area (Å²) in [7, 11) is 0. The van der Waals surface area contributed by atoms with Crippen LogP contribution in [0.25, 0.3) is 11.1 Å². The number of aldehydes is 1. The highest BCUT2D eigenvalue weighted by Crippen LogP contribution is 2.38. The van der Waals surface area contributed by atoms with Gasteiger partial charge in [-0.05, 0) is 30.0 Å². The number of benzene rings is 1. The van der Waals surface area contributed by atoms with Crippen LogP contribution >= 0.6 is 11.3 Å². The van der Waals surface area contributed by atoms with E-state index in [0.29, 0.717) is 33.9 Å². The molecule has 0 fully saturated rings. The Bertz CT molecular complexity index is 592. The zero-order valence-corrected chi connectivity index (χ0v) is 11.2. The first-order valence-electron chi connectivity index (χ1n) is 5.80. The number of ether oxygens (including phenoxy) is 1. The highest BCUT2D eigenvalue weighted by molar-refractivity contribution is 7.12. The van der Waals surface area contributed by atoms with Gasteiger partial charge in [0.05, 0.1) is 18.1 Å². The standard InChI is InChI=1S/C14H13FO3S/c1-2-18-12-5-10(15)3-4-11(12)14-9(6-16)8-19-13(14)7-17/h3-5,7-8,16H,2,6H2,1H3. The first-order valence-corrected chi connectivity index (χ1v) is 6.68. The van der Waals surface area contributed by atoms with Gasteiger partial charge in [-0.1, -0.05) is 0 Å². The van der Waals surface area contributed by atoms with Crippen molar-refractivity contribution in [3.63, 3.8) is 0 Å². The van der Waals surface area contributed by atoms with Crippen LogP contribution in [-0.4, -0.2) is 18.0 Å². The molecule has 3 nitrogen and oxygen atoms in total. The second-order valence-corrected chi connectivity index (χ2v) is 4.76. The molecule has 5 heteroatoms. The van der Waals surface area contributed by atoms with E-state index in [1.807, 2.05) is 0 Å². The Hall–Kier alpha value is -1.72. The maximum Gasteiger partial charge on any atom is 0.160 e. The monoisotopic (exact) mass is 280 g/mol. The molecule has 0 atom stereocenters. The molecule has 0 radical (unpaired) electrons. The number of thiophene rings is 1. The first-order chi connectivity index (χ1) is 9.21. The fraction of sp³-hybridized carbons (Fsp3) is 0.214. The summed E-state index contributed by atoms with van der Waals surface area (Å²) in [6.45, 7) is 2.02. The Morgan fingerprint density at radius 3 is 2.89 bits per heavy atom. The minimum atomic E-state index is -0.402. The third-order valence-electron chi connectivity index (χ3n) is 2.69. The number of aliphatic hydroxyl groups excluding tert-OH is 1. The van der Waals surface area contributed by atoms with Crippen LogP contribution in [0.4, 0.5) is 4.39 Å². The van der Waals surface area contributed by atoms with E-state index in [9.17, 15) is 14.3 Å². The van der Waals surface area contributed by atoms with Crippen molar-refractivity contribution in [2.75, 3.05) is 6.61 Å². The third-order valence-corrected chi connectivity index (χ3v) is 3.64. The summed E-state index contributed by atoms with van der Waals surface area (Å²) >= 11 is 1.25. The van der Waals surface area contributed by atoms with Crippen LogP contribution in [0, 0.1) is 5.82 Å². The maximum atomic E-state index is 13.3. The van der Waals surface area contributed by atoms with E-state index < -0.39 is 5.82 Å². The quantitative estimate of drug-likeness (QED) is 0.855. The van der Waals surface area contributed by atoms with Crippen molar-refractivity contribution >= 4 is 17.6 Å². The molecule has 2 aromatic rings. The molecule has 0 unspecified atom stereocenters. The molecule has 0 spiro atoms. The molecule has 0 aliphatic carbocycles. The van der Waals surface area contributed by atoms with Crippen LogP contribution in [0.5, 0.6) is 5.75 Å². The molecule has 1 aromatic heterocycles. The lowest BCUT2D eigenvalue weighted by atomic mass is 10.0. The lowest BCUT2D eigenvalue weighted by molar-refractivity contribution is 0.112. The van der Waals surface area contributed by atoms with Crippen LogP contribution < -0.4 is 4.74 Å². The van der Waals surface area contributed by atoms with Crippen molar-refractivity contribution in [1.29, 1.82) is 0 Å². The van der Waals surface area contributed by atoms with Gasteiger partial charge in [-0.3, -0.25) is 4.79 Å². The van der Waals surface area contributed by atoms with Crippen LogP contribution in [-0.2, 0) is 6.61 Å². The van der Waals surface area contributed by atoms with E-state index in [-0.39, 0.29) is 6.61 Å². The molecule has 0 aliphatic rings. The maximum absolute atomic E-state index is 13.3. The van der Waals surface area contributed by atoms with E-state index in [0.717, 1.165) is 6.29 Å². The molecular weight excluding hydrogens is 267 g/mol. The molecule has 1 heterocycles. The van der Waals surface area contributed by atoms with Gasteiger partial charge in [0.2, 0.25) is 0 Å². The van der Waals surface area contributed by atoms with Crippen molar-refractivity contribution in [3.05, 3.63) is 39.8 Å². The van der Waals surface area contributed by atoms with E-state index in [1.54, 1.807) is 18.4 Å². The minimum Gasteiger partial charge on any atom is -0.493 e. The van der Waals surface area contributed by atoms with Gasteiger partial charge >= 0.3 is 0 Å². The molecular formula is C14H13FO3S. The summed E-state index contributed by atoms with van der Waals surface area (Å²) in [6, 6.07) is 4.16. The summed E-state index contributed by atoms with van der Waals surface area (Å²) in [5, 5.41) is 11.1. The van der Waals surface area contributed by atoms with Gasteiger partial charge in [0.15, 0.2) is 6.29 Å². The van der Waals surface area contributed by atoms with Crippen molar-refractivity contribution in [2.24, 2.45) is 0 Å². The number of carbonyl (C=O) groups is 1. The summed E-state index contributed by atoms with van der Waals surface area (Å²) in [4.78, 5) is 11.6. The molecule has 0 aliphatic heterocycles. The van der Waals surface area contributed by atoms with Gasteiger partial charge in [0, 0.05) is 17.2 Å². The van der Waals surface area contributed by atoms with E-state index in [1.165, 1.54) is 23.5 Å². The van der Waals surface area contributed by atoms with Gasteiger partial charge in [0.1, 0.15) is 11.6 Å². The smallest absolute Gasteiger partial charge is 0.160 e. The third kappa shape index (κ3) is 2.67. The van der Waals surface area contributed by atoms with E-state index >= 15 is 0 Å². The Kier molecular flexibility index (Phi) is 4.29. The Morgan fingerprint density at radius 1 is 1.47 bits per heavy atom. The zero-order chi connectivity index (χ0) is 13.8. The predicted molar refractivity (Wildman–Crippen MR) is 72.2 cm³/mol. The normalized spacial score (nSPS) is 10.5. The van der Waals surface area contributed by atoms with Gasteiger partial charge in [0.25, 0.3) is 0 Å². The number of aliphatic hydroxyl groups is 1. The van der Waals surface area contributed by atoms with Crippen molar-refractivity contribution in [1.82, 2.24) is 0 Å². The van der Waals surface area contributed by atoms with Crippen molar-refractivity contribution < 1.29 is 19.0 Å². The fourth-order valence-electron chi connectivity index (χ4n) is 1.90. The SMILES string of the molecule is CCOc1cc(F)ccc1-c1c(CO)csc1C=O. The molecule has 1 aromatic carbocycles. The fourth-order valence-corrected chi connectivity index (χ4v) is 2.77. The van der Waals surface area contributed by atoms with Gasteiger partial charge in [-0.25, -0.2) is 4.39 Å². The predicted octanol–water partition coefficient (Wildman–Crippen LogP) is 3.26. The second kappa shape index (κ2) is 5.95. The van der Waals surface area contributed by atoms with E-state index in [4.69, 9.17) is 4.74 Å². The van der Waals surface area contributed by atoms with E-state index in [2.05, 4.69) is 0 Å². The summed E-state index contributed by atoms with van der Waals surface area (Å²) < 4.78 is 18.7. The van der Waals surface area contributed by atoms with Crippen LogP contribution in [0.3, 0.4) is 0 Å². The zero-order valence-electron chi connectivity index (χ0n) is 10.4. The second-order valence-electron chi connectivity index (χ2n) is 3.85. The molecule has 100 valence electrons. The average molecular weight is 280 g/mol. The van der Waals surface area contributed by atoms with Crippen molar-refractivity contribution in [2.45, 2.75) is 13.5 Å². The first kappa shape index (κ1) is 13.7. The number of hydrogen-bond donors (Lipinski definition) is 1. The molecule has 0 bridgehead atoms. The number of rotatable bonds is 5. The van der Waals surface area contributed by atoms with Gasteiger partial charge in [-0.15, -0.1) is 11.3 Å². The molecule has 2 rings (SSSR count). The van der Waals surface area contributed by atoms with Gasteiger partial charge in [-0.2, -0.15) is 0 Å². The van der Waals surface area contributed by atoms with Crippen molar-refractivity contribution in [3.8, 4) is 16.9 Å². The summed E-state index contributed by atoms with van der Waals surface area (Å²) in [6.07, 6.45) is 0.734. The molecule has 0 amide bonds. The molecule has 19 heavy (non-hydrogen) atoms.